The monoisotopic (exact) mass is 439 g/mol. The van der Waals surface area contributed by atoms with Gasteiger partial charge in [0.15, 0.2) is 11.5 Å². The van der Waals surface area contributed by atoms with Gasteiger partial charge in [0, 0.05) is 35.8 Å². The molecule has 33 heavy (non-hydrogen) atoms. The molecule has 1 saturated heterocycles. The van der Waals surface area contributed by atoms with E-state index in [1.165, 1.54) is 0 Å². The maximum atomic E-state index is 13.1. The summed E-state index contributed by atoms with van der Waals surface area (Å²) in [5, 5.41) is 0.735. The predicted octanol–water partition coefficient (Wildman–Crippen LogP) is 4.30. The fraction of sp³-hybridized carbons (Fsp3) is 0.231. The van der Waals surface area contributed by atoms with Crippen molar-refractivity contribution in [2.45, 2.75) is 18.8 Å². The highest BCUT2D eigenvalue weighted by atomic mass is 16.5. The molecule has 0 spiro atoms. The minimum absolute atomic E-state index is 0.0114. The maximum absolute atomic E-state index is 13.1. The normalized spacial score (nSPS) is 16.0. The summed E-state index contributed by atoms with van der Waals surface area (Å²) >= 11 is 0. The molecule has 1 aliphatic rings. The van der Waals surface area contributed by atoms with Crippen molar-refractivity contribution in [1.82, 2.24) is 19.9 Å². The van der Waals surface area contributed by atoms with Gasteiger partial charge in [-0.3, -0.25) is 4.79 Å². The molecule has 1 aliphatic heterocycles. The van der Waals surface area contributed by atoms with Gasteiger partial charge in [0.25, 0.3) is 5.91 Å². The average Bonchev–Trinajstić information content (AvgIpc) is 2.88. The molecular formula is C26H25N5O2. The molecule has 1 atom stereocenters. The van der Waals surface area contributed by atoms with Gasteiger partial charge in [-0.1, -0.05) is 36.4 Å². The predicted molar refractivity (Wildman–Crippen MR) is 128 cm³/mol. The van der Waals surface area contributed by atoms with Gasteiger partial charge >= 0.3 is 0 Å². The van der Waals surface area contributed by atoms with Gasteiger partial charge < -0.3 is 15.4 Å². The lowest BCUT2D eigenvalue weighted by molar-refractivity contribution is 0.0705. The van der Waals surface area contributed by atoms with Gasteiger partial charge in [-0.05, 0) is 43.2 Å². The first kappa shape index (κ1) is 20.9. The Morgan fingerprint density at radius 3 is 2.70 bits per heavy atom. The molecule has 2 N–H and O–H groups in total. The number of likely N-dealkylation sites (tertiary alicyclic amines) is 1. The van der Waals surface area contributed by atoms with Crippen molar-refractivity contribution >= 4 is 22.8 Å². The second-order valence-corrected chi connectivity index (χ2v) is 8.23. The van der Waals surface area contributed by atoms with Crippen LogP contribution in [0.1, 0.15) is 34.8 Å². The Labute approximate surface area is 192 Å². The molecule has 2 aromatic heterocycles. The Bertz CT molecular complexity index is 1310. The smallest absolute Gasteiger partial charge is 0.254 e. The summed E-state index contributed by atoms with van der Waals surface area (Å²) < 4.78 is 5.27. The number of carbonyl (C=O) groups is 1. The van der Waals surface area contributed by atoms with Crippen LogP contribution in [0.2, 0.25) is 0 Å². The number of hydrogen-bond donors (Lipinski definition) is 1. The van der Waals surface area contributed by atoms with Gasteiger partial charge in [-0.25, -0.2) is 15.0 Å². The summed E-state index contributed by atoms with van der Waals surface area (Å²) in [6.07, 6.45) is 1.88. The summed E-state index contributed by atoms with van der Waals surface area (Å²) in [6, 6.07) is 20.9. The Hall–Kier alpha value is -4.00. The van der Waals surface area contributed by atoms with Crippen molar-refractivity contribution < 1.29 is 9.53 Å². The second-order valence-electron chi connectivity index (χ2n) is 8.23. The molecule has 166 valence electrons. The largest absolute Gasteiger partial charge is 0.497 e. The number of nitrogen functional groups attached to an aromatic ring is 1. The van der Waals surface area contributed by atoms with E-state index in [0.717, 1.165) is 36.0 Å². The molecule has 7 nitrogen and oxygen atoms in total. The molecule has 0 saturated carbocycles. The zero-order valence-electron chi connectivity index (χ0n) is 18.4. The van der Waals surface area contributed by atoms with Crippen molar-refractivity contribution in [3.05, 3.63) is 78.0 Å². The number of carbonyl (C=O) groups excluding carboxylic acids is 1. The van der Waals surface area contributed by atoms with Gasteiger partial charge in [0.05, 0.1) is 12.5 Å². The standard InChI is InChI=1S/C26H25N5O2/c1-33-20-11-5-9-18(15-20)26(32)31-14-6-10-19(16-31)22-13-12-21-23(27)29-24(30-25(21)28-22)17-7-3-2-4-8-17/h2-5,7-9,11-13,15,19H,6,10,14,16H2,1H3,(H2,27,28,29,30)/t19-/m0/s1. The van der Waals surface area contributed by atoms with Crippen LogP contribution < -0.4 is 10.5 Å². The molecule has 1 amide bonds. The Balaban J connectivity index is 1.42. The van der Waals surface area contributed by atoms with Gasteiger partial charge in [0.2, 0.25) is 0 Å². The third-order valence-corrected chi connectivity index (χ3v) is 6.09. The maximum Gasteiger partial charge on any atom is 0.254 e. The molecule has 1 fully saturated rings. The van der Waals surface area contributed by atoms with Crippen LogP contribution in [-0.2, 0) is 0 Å². The SMILES string of the molecule is COc1cccc(C(=O)N2CCC[C@H](c3ccc4c(N)nc(-c5ccccc5)nc4n3)C2)c1. The first-order chi connectivity index (χ1) is 16.1. The lowest BCUT2D eigenvalue weighted by Crippen LogP contribution is -2.39. The van der Waals surface area contributed by atoms with Gasteiger partial charge in [-0.15, -0.1) is 0 Å². The molecule has 4 aromatic rings. The quantitative estimate of drug-likeness (QED) is 0.509. The van der Waals surface area contributed by atoms with Crippen molar-refractivity contribution in [1.29, 1.82) is 0 Å². The average molecular weight is 440 g/mol. The lowest BCUT2D eigenvalue weighted by atomic mass is 9.93. The third-order valence-electron chi connectivity index (χ3n) is 6.09. The molecule has 0 bridgehead atoms. The molecule has 2 aromatic carbocycles. The number of methoxy groups -OCH3 is 1. The van der Waals surface area contributed by atoms with E-state index in [4.69, 9.17) is 15.5 Å². The minimum atomic E-state index is 0.0114. The second kappa shape index (κ2) is 8.86. The van der Waals surface area contributed by atoms with Crippen LogP contribution in [0.4, 0.5) is 5.82 Å². The fourth-order valence-corrected chi connectivity index (χ4v) is 4.33. The lowest BCUT2D eigenvalue weighted by Gasteiger charge is -2.32. The van der Waals surface area contributed by atoms with Gasteiger partial charge in [0.1, 0.15) is 11.6 Å². The first-order valence-electron chi connectivity index (χ1n) is 11.1. The van der Waals surface area contributed by atoms with E-state index in [-0.39, 0.29) is 11.8 Å². The summed E-state index contributed by atoms with van der Waals surface area (Å²) in [5.41, 5.74) is 9.24. The van der Waals surface area contributed by atoms with E-state index in [9.17, 15) is 4.79 Å². The molecule has 0 aliphatic carbocycles. The molecule has 5 rings (SSSR count). The third kappa shape index (κ3) is 4.22. The first-order valence-corrected chi connectivity index (χ1v) is 11.1. The van der Waals surface area contributed by atoms with Crippen LogP contribution in [0.15, 0.2) is 66.7 Å². The number of nitrogens with zero attached hydrogens (tertiary/aromatic N) is 4. The number of aromatic nitrogens is 3. The van der Waals surface area contributed by atoms with E-state index in [1.807, 2.05) is 65.6 Å². The van der Waals surface area contributed by atoms with Crippen LogP contribution in [-0.4, -0.2) is 46.0 Å². The number of ether oxygens (including phenoxy) is 1. The fourth-order valence-electron chi connectivity index (χ4n) is 4.33. The Morgan fingerprint density at radius 1 is 1.03 bits per heavy atom. The highest BCUT2D eigenvalue weighted by Gasteiger charge is 2.27. The van der Waals surface area contributed by atoms with Crippen LogP contribution >= 0.6 is 0 Å². The number of nitrogens with two attached hydrogens (primary N) is 1. The molecular weight excluding hydrogens is 414 g/mol. The van der Waals surface area contributed by atoms with E-state index < -0.39 is 0 Å². The van der Waals surface area contributed by atoms with Crippen LogP contribution in [0, 0.1) is 0 Å². The number of pyridine rings is 1. The number of benzene rings is 2. The van der Waals surface area contributed by atoms with Crippen molar-refractivity contribution in [2.75, 3.05) is 25.9 Å². The zero-order chi connectivity index (χ0) is 22.8. The summed E-state index contributed by atoms with van der Waals surface area (Å²) in [7, 11) is 1.60. The molecule has 7 heteroatoms. The number of piperidine rings is 1. The number of hydrogen-bond acceptors (Lipinski definition) is 6. The summed E-state index contributed by atoms with van der Waals surface area (Å²) in [5.74, 6) is 1.79. The molecule has 0 radical (unpaired) electrons. The Morgan fingerprint density at radius 2 is 1.88 bits per heavy atom. The van der Waals surface area contributed by atoms with E-state index in [1.54, 1.807) is 13.2 Å². The van der Waals surface area contributed by atoms with Crippen molar-refractivity contribution in [3.63, 3.8) is 0 Å². The summed E-state index contributed by atoms with van der Waals surface area (Å²) in [6.45, 7) is 1.34. The molecule has 0 unspecified atom stereocenters. The molecule has 3 heterocycles. The van der Waals surface area contributed by atoms with Crippen LogP contribution in [0.5, 0.6) is 5.75 Å². The van der Waals surface area contributed by atoms with E-state index >= 15 is 0 Å². The minimum Gasteiger partial charge on any atom is -0.497 e. The van der Waals surface area contributed by atoms with E-state index in [0.29, 0.717) is 35.1 Å². The number of fused-ring (bicyclic) bond motifs is 1. The highest BCUT2D eigenvalue weighted by molar-refractivity contribution is 5.94. The van der Waals surface area contributed by atoms with Crippen LogP contribution in [0.25, 0.3) is 22.4 Å². The van der Waals surface area contributed by atoms with E-state index in [2.05, 4.69) is 9.97 Å². The number of amides is 1. The summed E-state index contributed by atoms with van der Waals surface area (Å²) in [4.78, 5) is 29.0. The number of rotatable bonds is 4. The Kier molecular flexibility index (Phi) is 5.60. The number of anilines is 1. The van der Waals surface area contributed by atoms with Crippen molar-refractivity contribution in [2.24, 2.45) is 0 Å². The highest BCUT2D eigenvalue weighted by Crippen LogP contribution is 2.30. The van der Waals surface area contributed by atoms with Crippen LogP contribution in [0.3, 0.4) is 0 Å². The van der Waals surface area contributed by atoms with Gasteiger partial charge in [-0.2, -0.15) is 0 Å². The zero-order valence-corrected chi connectivity index (χ0v) is 18.4. The topological polar surface area (TPSA) is 94.2 Å². The van der Waals surface area contributed by atoms with Crippen molar-refractivity contribution in [3.8, 4) is 17.1 Å².